The number of sulfonamides is 1. The second kappa shape index (κ2) is 9.32. The summed E-state index contributed by atoms with van der Waals surface area (Å²) in [5.41, 5.74) is 0. The van der Waals surface area contributed by atoms with Crippen molar-refractivity contribution in [3.63, 3.8) is 0 Å². The molecule has 0 bridgehead atoms. The van der Waals surface area contributed by atoms with Gasteiger partial charge in [-0.15, -0.1) is 12.4 Å². The molecule has 1 aromatic rings. The van der Waals surface area contributed by atoms with E-state index in [0.717, 1.165) is 25.9 Å². The lowest BCUT2D eigenvalue weighted by Crippen LogP contribution is -2.42. The van der Waals surface area contributed by atoms with Crippen molar-refractivity contribution in [3.05, 3.63) is 18.2 Å². The molecule has 132 valence electrons. The van der Waals surface area contributed by atoms with Crippen LogP contribution in [0.25, 0.3) is 0 Å². The fourth-order valence-electron chi connectivity index (χ4n) is 2.43. The first-order valence-corrected chi connectivity index (χ1v) is 9.17. The Morgan fingerprint density at radius 1 is 1.13 bits per heavy atom. The van der Waals surface area contributed by atoms with Gasteiger partial charge in [-0.2, -0.15) is 0 Å². The zero-order valence-corrected chi connectivity index (χ0v) is 15.1. The highest BCUT2D eigenvalue weighted by Gasteiger charge is 2.23. The van der Waals surface area contributed by atoms with Gasteiger partial charge in [-0.3, -0.25) is 0 Å². The molecule has 1 aliphatic heterocycles. The third-order valence-electron chi connectivity index (χ3n) is 3.49. The Bertz CT molecular complexity index is 589. The summed E-state index contributed by atoms with van der Waals surface area (Å²) in [7, 11) is -3.55. The van der Waals surface area contributed by atoms with Gasteiger partial charge in [0.15, 0.2) is 11.5 Å². The van der Waals surface area contributed by atoms with Crippen molar-refractivity contribution in [3.8, 4) is 11.5 Å². The van der Waals surface area contributed by atoms with Crippen molar-refractivity contribution in [1.82, 2.24) is 10.0 Å². The lowest BCUT2D eigenvalue weighted by molar-refractivity contribution is 0.287. The summed E-state index contributed by atoms with van der Waals surface area (Å²) in [4.78, 5) is 0.206. The highest BCUT2D eigenvalue weighted by atomic mass is 35.5. The van der Waals surface area contributed by atoms with Crippen LogP contribution in [0, 0.1) is 0 Å². The van der Waals surface area contributed by atoms with Crippen molar-refractivity contribution in [2.24, 2.45) is 0 Å². The van der Waals surface area contributed by atoms with E-state index in [4.69, 9.17) is 9.47 Å². The number of hydrogen-bond donors (Lipinski definition) is 2. The molecule has 0 aromatic heterocycles. The minimum absolute atomic E-state index is 0. The Hall–Kier alpha value is -1.02. The van der Waals surface area contributed by atoms with Crippen LogP contribution in [-0.2, 0) is 10.0 Å². The van der Waals surface area contributed by atoms with E-state index in [2.05, 4.69) is 10.0 Å². The number of hydrogen-bond acceptors (Lipinski definition) is 5. The maximum absolute atomic E-state index is 12.5. The molecule has 8 heteroatoms. The molecule has 0 unspecified atom stereocenters. The van der Waals surface area contributed by atoms with Crippen LogP contribution < -0.4 is 19.5 Å². The van der Waals surface area contributed by atoms with Crippen LogP contribution in [0.5, 0.6) is 11.5 Å². The second-order valence-electron chi connectivity index (χ2n) is 5.12. The summed E-state index contributed by atoms with van der Waals surface area (Å²) in [6, 6.07) is 4.70. The third-order valence-corrected chi connectivity index (χ3v) is 5.00. The molecule has 1 fully saturated rings. The van der Waals surface area contributed by atoms with Gasteiger partial charge >= 0.3 is 0 Å². The molecule has 0 spiro atoms. The summed E-state index contributed by atoms with van der Waals surface area (Å²) in [5.74, 6) is 1.02. The molecule has 0 saturated carbocycles. The molecular weight excluding hydrogens is 340 g/mol. The number of halogens is 1. The van der Waals surface area contributed by atoms with E-state index in [0.29, 0.717) is 24.7 Å². The first-order valence-electron chi connectivity index (χ1n) is 7.69. The van der Waals surface area contributed by atoms with Crippen molar-refractivity contribution < 1.29 is 17.9 Å². The number of rotatable bonds is 7. The van der Waals surface area contributed by atoms with E-state index < -0.39 is 10.0 Å². The monoisotopic (exact) mass is 364 g/mol. The lowest BCUT2D eigenvalue weighted by Gasteiger charge is -2.23. The Morgan fingerprint density at radius 3 is 2.35 bits per heavy atom. The quantitative estimate of drug-likeness (QED) is 0.773. The van der Waals surface area contributed by atoms with Crippen LogP contribution in [0.1, 0.15) is 26.7 Å². The molecule has 6 nitrogen and oxygen atoms in total. The topological polar surface area (TPSA) is 76.7 Å². The van der Waals surface area contributed by atoms with Gasteiger partial charge in [0.25, 0.3) is 0 Å². The van der Waals surface area contributed by atoms with Crippen LogP contribution in [0.4, 0.5) is 0 Å². The van der Waals surface area contributed by atoms with Gasteiger partial charge < -0.3 is 14.8 Å². The first-order chi connectivity index (χ1) is 10.6. The molecule has 2 rings (SSSR count). The highest BCUT2D eigenvalue weighted by Crippen LogP contribution is 2.30. The molecule has 2 N–H and O–H groups in total. The van der Waals surface area contributed by atoms with E-state index in [1.54, 1.807) is 12.1 Å². The van der Waals surface area contributed by atoms with Gasteiger partial charge in [-0.1, -0.05) is 0 Å². The Balaban J connectivity index is 0.00000264. The van der Waals surface area contributed by atoms with Gasteiger partial charge in [0.05, 0.1) is 18.1 Å². The standard InChI is InChI=1S/C15H24N2O4S.ClH/c1-3-20-14-6-5-13(11-15(14)21-4-2)22(18,19)17-12-7-9-16-10-8-12;/h5-6,11-12,16-17H,3-4,7-10H2,1-2H3;1H. The smallest absolute Gasteiger partial charge is 0.240 e. The molecule has 1 aromatic carbocycles. The summed E-state index contributed by atoms with van der Waals surface area (Å²) in [6.07, 6.45) is 1.60. The molecule has 1 aliphatic rings. The molecule has 23 heavy (non-hydrogen) atoms. The van der Waals surface area contributed by atoms with Crippen LogP contribution in [-0.4, -0.2) is 40.8 Å². The van der Waals surface area contributed by atoms with Crippen LogP contribution in [0.15, 0.2) is 23.1 Å². The number of benzene rings is 1. The average molecular weight is 365 g/mol. The molecule has 0 atom stereocenters. The van der Waals surface area contributed by atoms with Crippen molar-refractivity contribution in [2.75, 3.05) is 26.3 Å². The molecule has 0 amide bonds. The van der Waals surface area contributed by atoms with E-state index in [1.165, 1.54) is 6.07 Å². The van der Waals surface area contributed by atoms with Crippen molar-refractivity contribution in [2.45, 2.75) is 37.6 Å². The predicted octanol–water partition coefficient (Wildman–Crippen LogP) is 1.94. The molecule has 0 aliphatic carbocycles. The maximum Gasteiger partial charge on any atom is 0.240 e. The zero-order chi connectivity index (χ0) is 16.0. The first kappa shape index (κ1) is 20.0. The summed E-state index contributed by atoms with van der Waals surface area (Å²) >= 11 is 0. The fraction of sp³-hybridized carbons (Fsp3) is 0.600. The summed E-state index contributed by atoms with van der Waals surface area (Å²) in [6.45, 7) is 6.34. The minimum Gasteiger partial charge on any atom is -0.490 e. The molecule has 1 heterocycles. The second-order valence-corrected chi connectivity index (χ2v) is 6.83. The van der Waals surface area contributed by atoms with Gasteiger partial charge in [-0.25, -0.2) is 13.1 Å². The largest absolute Gasteiger partial charge is 0.490 e. The predicted molar refractivity (Wildman–Crippen MR) is 92.2 cm³/mol. The Labute approximate surface area is 144 Å². The van der Waals surface area contributed by atoms with E-state index in [1.807, 2.05) is 13.8 Å². The molecule has 0 radical (unpaired) electrons. The van der Waals surface area contributed by atoms with Crippen LogP contribution in [0.3, 0.4) is 0 Å². The number of ether oxygens (including phenoxy) is 2. The highest BCUT2D eigenvalue weighted by molar-refractivity contribution is 7.89. The number of piperidine rings is 1. The molecule has 1 saturated heterocycles. The SMILES string of the molecule is CCOc1ccc(S(=O)(=O)NC2CCNCC2)cc1OCC.Cl. The lowest BCUT2D eigenvalue weighted by atomic mass is 10.1. The Kier molecular flexibility index (Phi) is 8.11. The normalized spacial score (nSPS) is 15.7. The van der Waals surface area contributed by atoms with Crippen molar-refractivity contribution >= 4 is 22.4 Å². The number of nitrogens with one attached hydrogen (secondary N) is 2. The maximum atomic E-state index is 12.5. The summed E-state index contributed by atoms with van der Waals surface area (Å²) in [5, 5.41) is 3.22. The summed E-state index contributed by atoms with van der Waals surface area (Å²) < 4.78 is 38.7. The third kappa shape index (κ3) is 5.53. The molecular formula is C15H25ClN2O4S. The zero-order valence-electron chi connectivity index (χ0n) is 13.5. The fourth-order valence-corrected chi connectivity index (χ4v) is 3.75. The van der Waals surface area contributed by atoms with Gasteiger partial charge in [0.2, 0.25) is 10.0 Å². The van der Waals surface area contributed by atoms with Crippen LogP contribution in [0.2, 0.25) is 0 Å². The van der Waals surface area contributed by atoms with Gasteiger partial charge in [-0.05, 0) is 51.9 Å². The van der Waals surface area contributed by atoms with Crippen LogP contribution >= 0.6 is 12.4 Å². The minimum atomic E-state index is -3.55. The van der Waals surface area contributed by atoms with Crippen molar-refractivity contribution in [1.29, 1.82) is 0 Å². The van der Waals surface area contributed by atoms with E-state index >= 15 is 0 Å². The van der Waals surface area contributed by atoms with Gasteiger partial charge in [0, 0.05) is 12.1 Å². The van der Waals surface area contributed by atoms with E-state index in [-0.39, 0.29) is 23.3 Å². The van der Waals surface area contributed by atoms with Gasteiger partial charge in [0.1, 0.15) is 0 Å². The van der Waals surface area contributed by atoms with E-state index in [9.17, 15) is 8.42 Å². The average Bonchev–Trinajstić information content (AvgIpc) is 2.50. The Morgan fingerprint density at radius 2 is 1.74 bits per heavy atom.